The van der Waals surface area contributed by atoms with E-state index < -0.39 is 5.97 Å². The van der Waals surface area contributed by atoms with Gasteiger partial charge in [0.2, 0.25) is 0 Å². The molecular formula is C9H10N2O3. The number of carbonyl (C=O) groups excluding carboxylic acids is 2. The van der Waals surface area contributed by atoms with Crippen LogP contribution in [0.4, 0.5) is 0 Å². The number of hydrogen-bond acceptors (Lipinski definition) is 5. The first kappa shape index (κ1) is 10.3. The molecule has 1 aromatic heterocycles. The van der Waals surface area contributed by atoms with Crippen LogP contribution in [0.25, 0.3) is 0 Å². The molecule has 0 aliphatic carbocycles. The van der Waals surface area contributed by atoms with Gasteiger partial charge in [0.15, 0.2) is 5.78 Å². The highest BCUT2D eigenvalue weighted by molar-refractivity contribution is 6.04. The van der Waals surface area contributed by atoms with E-state index >= 15 is 0 Å². The third kappa shape index (κ3) is 2.12. The molecule has 0 N–H and O–H groups in total. The summed E-state index contributed by atoms with van der Waals surface area (Å²) in [6.45, 7) is 3.32. The number of ketones is 1. The lowest BCUT2D eigenvalue weighted by molar-refractivity contribution is 0.0522. The number of Topliss-reactive ketones (excluding diaryl/α,β-unsaturated/α-hetero) is 1. The van der Waals surface area contributed by atoms with Crippen molar-refractivity contribution in [3.63, 3.8) is 0 Å². The lowest BCUT2D eigenvalue weighted by Crippen LogP contribution is -2.11. The molecular weight excluding hydrogens is 184 g/mol. The van der Waals surface area contributed by atoms with Gasteiger partial charge in [-0.3, -0.25) is 4.79 Å². The highest BCUT2D eigenvalue weighted by Crippen LogP contribution is 2.07. The largest absolute Gasteiger partial charge is 0.462 e. The minimum absolute atomic E-state index is 0.161. The van der Waals surface area contributed by atoms with Gasteiger partial charge in [0.25, 0.3) is 0 Å². The predicted molar refractivity (Wildman–Crippen MR) is 48.0 cm³/mol. The maximum atomic E-state index is 11.3. The Morgan fingerprint density at radius 2 is 1.86 bits per heavy atom. The highest BCUT2D eigenvalue weighted by atomic mass is 16.5. The van der Waals surface area contributed by atoms with Crippen molar-refractivity contribution in [3.8, 4) is 0 Å². The van der Waals surface area contributed by atoms with E-state index in [1.165, 1.54) is 19.3 Å². The molecule has 1 rings (SSSR count). The minimum atomic E-state index is -0.549. The lowest BCUT2D eigenvalue weighted by atomic mass is 10.1. The molecule has 0 aromatic carbocycles. The number of hydrogen-bond donors (Lipinski definition) is 0. The molecule has 0 bridgehead atoms. The molecule has 0 fully saturated rings. The second-order valence-corrected chi connectivity index (χ2v) is 2.59. The number of ether oxygens (including phenoxy) is 1. The summed E-state index contributed by atoms with van der Waals surface area (Å²) >= 11 is 0. The van der Waals surface area contributed by atoms with Crippen molar-refractivity contribution in [2.45, 2.75) is 13.8 Å². The fourth-order valence-electron chi connectivity index (χ4n) is 0.973. The van der Waals surface area contributed by atoms with Crippen LogP contribution in [-0.4, -0.2) is 28.6 Å². The molecule has 5 heteroatoms. The van der Waals surface area contributed by atoms with Crippen molar-refractivity contribution in [1.29, 1.82) is 0 Å². The molecule has 0 spiro atoms. The predicted octanol–water partition coefficient (Wildman–Crippen LogP) is 0.856. The number of nitrogens with zero attached hydrogens (tertiary/aromatic N) is 2. The Bertz CT molecular complexity index is 363. The van der Waals surface area contributed by atoms with Crippen LogP contribution in [0.15, 0.2) is 12.4 Å². The smallest absolute Gasteiger partial charge is 0.340 e. The molecule has 0 unspecified atom stereocenters. The van der Waals surface area contributed by atoms with Gasteiger partial charge in [0, 0.05) is 0 Å². The van der Waals surface area contributed by atoms with E-state index in [0.717, 1.165) is 0 Å². The molecule has 0 atom stereocenters. The number of rotatable bonds is 3. The summed E-state index contributed by atoms with van der Waals surface area (Å²) in [5.74, 6) is -0.782. The van der Waals surface area contributed by atoms with Crippen LogP contribution in [0.3, 0.4) is 0 Å². The van der Waals surface area contributed by atoms with Gasteiger partial charge in [-0.15, -0.1) is 0 Å². The van der Waals surface area contributed by atoms with Gasteiger partial charge in [-0.2, -0.15) is 10.2 Å². The zero-order valence-electron chi connectivity index (χ0n) is 7.98. The van der Waals surface area contributed by atoms with E-state index in [1.807, 2.05) is 0 Å². The van der Waals surface area contributed by atoms with Gasteiger partial charge < -0.3 is 4.74 Å². The van der Waals surface area contributed by atoms with Crippen molar-refractivity contribution in [3.05, 3.63) is 23.5 Å². The van der Waals surface area contributed by atoms with E-state index in [4.69, 9.17) is 4.74 Å². The summed E-state index contributed by atoms with van der Waals surface area (Å²) < 4.78 is 4.76. The molecule has 0 radical (unpaired) electrons. The van der Waals surface area contributed by atoms with Crippen LogP contribution in [0, 0.1) is 0 Å². The Morgan fingerprint density at radius 3 is 2.36 bits per heavy atom. The van der Waals surface area contributed by atoms with Crippen LogP contribution < -0.4 is 0 Å². The van der Waals surface area contributed by atoms with Gasteiger partial charge >= 0.3 is 5.97 Å². The van der Waals surface area contributed by atoms with Gasteiger partial charge in [0.05, 0.1) is 30.1 Å². The third-order valence-electron chi connectivity index (χ3n) is 1.61. The monoisotopic (exact) mass is 194 g/mol. The van der Waals surface area contributed by atoms with E-state index in [1.54, 1.807) is 6.92 Å². The minimum Gasteiger partial charge on any atom is -0.462 e. The fourth-order valence-corrected chi connectivity index (χ4v) is 0.973. The molecule has 0 amide bonds. The van der Waals surface area contributed by atoms with Crippen LogP contribution in [0.5, 0.6) is 0 Å². The van der Waals surface area contributed by atoms with E-state index in [0.29, 0.717) is 0 Å². The maximum absolute atomic E-state index is 11.3. The average molecular weight is 194 g/mol. The molecule has 1 heterocycles. The first-order valence-electron chi connectivity index (χ1n) is 4.15. The van der Waals surface area contributed by atoms with Crippen molar-refractivity contribution >= 4 is 11.8 Å². The highest BCUT2D eigenvalue weighted by Gasteiger charge is 2.15. The molecule has 14 heavy (non-hydrogen) atoms. The van der Waals surface area contributed by atoms with Crippen LogP contribution in [-0.2, 0) is 4.74 Å². The Labute approximate surface area is 81.1 Å². The molecule has 0 aliphatic rings. The van der Waals surface area contributed by atoms with Crippen molar-refractivity contribution in [2.75, 3.05) is 6.61 Å². The van der Waals surface area contributed by atoms with Gasteiger partial charge in [-0.05, 0) is 13.8 Å². The Hall–Kier alpha value is -1.78. The maximum Gasteiger partial charge on any atom is 0.340 e. The Balaban J connectivity index is 3.07. The number of esters is 1. The molecule has 0 saturated carbocycles. The topological polar surface area (TPSA) is 69.2 Å². The molecule has 74 valence electrons. The zero-order chi connectivity index (χ0) is 10.6. The summed E-state index contributed by atoms with van der Waals surface area (Å²) in [6.07, 6.45) is 2.49. The van der Waals surface area contributed by atoms with Gasteiger partial charge in [-0.1, -0.05) is 0 Å². The third-order valence-corrected chi connectivity index (χ3v) is 1.61. The average Bonchev–Trinajstić information content (AvgIpc) is 2.18. The molecule has 0 aliphatic heterocycles. The van der Waals surface area contributed by atoms with E-state index in [2.05, 4.69) is 10.2 Å². The normalized spacial score (nSPS) is 9.57. The Kier molecular flexibility index (Phi) is 3.28. The summed E-state index contributed by atoms with van der Waals surface area (Å²) in [4.78, 5) is 22.4. The quantitative estimate of drug-likeness (QED) is 0.527. The molecule has 5 nitrogen and oxygen atoms in total. The van der Waals surface area contributed by atoms with Crippen molar-refractivity contribution < 1.29 is 14.3 Å². The lowest BCUT2D eigenvalue weighted by Gasteiger charge is -2.03. The number of carbonyl (C=O) groups is 2. The van der Waals surface area contributed by atoms with E-state index in [-0.39, 0.29) is 23.5 Å². The SMILES string of the molecule is CCOC(=O)c1cnncc1C(C)=O. The van der Waals surface area contributed by atoms with Crippen LogP contribution >= 0.6 is 0 Å². The summed E-state index contributed by atoms with van der Waals surface area (Å²) in [7, 11) is 0. The summed E-state index contributed by atoms with van der Waals surface area (Å²) in [5, 5.41) is 7.06. The zero-order valence-corrected chi connectivity index (χ0v) is 7.98. The first-order valence-corrected chi connectivity index (χ1v) is 4.15. The van der Waals surface area contributed by atoms with Crippen LogP contribution in [0.1, 0.15) is 34.6 Å². The number of aromatic nitrogens is 2. The van der Waals surface area contributed by atoms with Crippen molar-refractivity contribution in [1.82, 2.24) is 10.2 Å². The summed E-state index contributed by atoms with van der Waals surface area (Å²) in [6, 6.07) is 0. The van der Waals surface area contributed by atoms with E-state index in [9.17, 15) is 9.59 Å². The second kappa shape index (κ2) is 4.45. The Morgan fingerprint density at radius 1 is 1.29 bits per heavy atom. The molecule has 0 saturated heterocycles. The standard InChI is InChI=1S/C9H10N2O3/c1-3-14-9(13)8-5-11-10-4-7(8)6(2)12/h4-5H,3H2,1-2H3. The fraction of sp³-hybridized carbons (Fsp3) is 0.333. The van der Waals surface area contributed by atoms with Crippen molar-refractivity contribution in [2.24, 2.45) is 0 Å². The second-order valence-electron chi connectivity index (χ2n) is 2.59. The molecule has 1 aromatic rings. The van der Waals surface area contributed by atoms with Crippen LogP contribution in [0.2, 0.25) is 0 Å². The summed E-state index contributed by atoms with van der Waals surface area (Å²) in [5.41, 5.74) is 0.396. The van der Waals surface area contributed by atoms with Gasteiger partial charge in [0.1, 0.15) is 0 Å². The van der Waals surface area contributed by atoms with Gasteiger partial charge in [-0.25, -0.2) is 4.79 Å². The first-order chi connectivity index (χ1) is 6.66.